The molecule has 1 aromatic carbocycles. The summed E-state index contributed by atoms with van der Waals surface area (Å²) in [5.74, 6) is 3.06. The molecule has 0 aromatic heterocycles. The molecule has 0 amide bonds. The first kappa shape index (κ1) is 31.6. The molecule has 0 radical (unpaired) electrons. The van der Waals surface area contributed by atoms with Gasteiger partial charge in [-0.1, -0.05) is 97.6 Å². The zero-order valence-electron chi connectivity index (χ0n) is 26.3. The Morgan fingerprint density at radius 3 is 2.44 bits per heavy atom. The number of nitrogens with zero attached hydrogens (tertiary/aromatic N) is 2. The molecule has 39 heavy (non-hydrogen) atoms. The van der Waals surface area contributed by atoms with Crippen molar-refractivity contribution in [3.05, 3.63) is 35.9 Å². The Bertz CT molecular complexity index is 980. The summed E-state index contributed by atoms with van der Waals surface area (Å²) in [5.41, 5.74) is 2.77. The molecule has 0 heterocycles. The Morgan fingerprint density at radius 2 is 1.77 bits per heavy atom. The highest BCUT2D eigenvalue weighted by atomic mass is 16.5. The average molecular weight is 538 g/mol. The van der Waals surface area contributed by atoms with Crippen molar-refractivity contribution in [2.75, 3.05) is 7.05 Å². The van der Waals surface area contributed by atoms with Crippen molar-refractivity contribution in [2.24, 2.45) is 51.5 Å². The summed E-state index contributed by atoms with van der Waals surface area (Å²) < 4.78 is 5.75. The minimum absolute atomic E-state index is 0.0452. The van der Waals surface area contributed by atoms with E-state index < -0.39 is 0 Å². The second-order valence-electron chi connectivity index (χ2n) is 13.9. The molecule has 3 unspecified atom stereocenters. The van der Waals surface area contributed by atoms with Crippen LogP contribution < -0.4 is 0 Å². The van der Waals surface area contributed by atoms with Crippen molar-refractivity contribution in [2.45, 2.75) is 119 Å². The van der Waals surface area contributed by atoms with Crippen LogP contribution >= 0.6 is 0 Å². The fourth-order valence-corrected chi connectivity index (χ4v) is 8.38. The minimum atomic E-state index is -0.0646. The predicted molar refractivity (Wildman–Crippen MR) is 162 cm³/mol. The molecule has 1 aromatic rings. The van der Waals surface area contributed by atoms with E-state index in [9.17, 15) is 4.79 Å². The summed E-state index contributed by atoms with van der Waals surface area (Å²) in [5, 5.41) is 4.12. The van der Waals surface area contributed by atoms with Crippen LogP contribution in [0, 0.1) is 46.3 Å². The Kier molecular flexibility index (Phi) is 11.4. The molecule has 4 nitrogen and oxygen atoms in total. The number of hydrogen-bond donors (Lipinski definition) is 0. The molecule has 0 saturated heterocycles. The lowest BCUT2D eigenvalue weighted by Gasteiger charge is -2.47. The van der Waals surface area contributed by atoms with E-state index in [1.165, 1.54) is 63.5 Å². The number of ether oxygens (including phenoxy) is 1. The largest absolute Gasteiger partial charge is 0.461 e. The quantitative estimate of drug-likeness (QED) is 0.151. The zero-order chi connectivity index (χ0) is 28.6. The number of hydrogen-bond acceptors (Lipinski definition) is 3. The first-order valence-electron chi connectivity index (χ1n) is 15.9. The topological polar surface area (TPSA) is 52.8 Å². The predicted octanol–water partition coefficient (Wildman–Crippen LogP) is 9.20. The SMILES string of the molecule is CC[C@]1(C)[C@H](C)C(CC(C)C(=O)OCc2ccccc2)CCC2CCCC[C@H](C(C)=[N+]=NC)C(C)(C)CC[C@H]21. The monoisotopic (exact) mass is 537 g/mol. The van der Waals surface area contributed by atoms with Gasteiger partial charge in [-0.2, -0.15) is 0 Å². The van der Waals surface area contributed by atoms with E-state index in [4.69, 9.17) is 4.74 Å². The van der Waals surface area contributed by atoms with Gasteiger partial charge in [0.25, 0.3) is 0 Å². The molecule has 0 aliphatic heterocycles. The smallest absolute Gasteiger partial charge is 0.318 e. The molecule has 2 aliphatic rings. The lowest BCUT2D eigenvalue weighted by atomic mass is 9.57. The fraction of sp³-hybridized carbons (Fsp3) is 0.771. The second-order valence-corrected chi connectivity index (χ2v) is 13.9. The Balaban J connectivity index is 1.76. The highest BCUT2D eigenvalue weighted by Gasteiger charge is 2.48. The lowest BCUT2D eigenvalue weighted by molar-refractivity contribution is -0.150. The molecule has 0 spiro atoms. The van der Waals surface area contributed by atoms with Crippen LogP contribution in [0.15, 0.2) is 35.4 Å². The molecule has 2 saturated carbocycles. The van der Waals surface area contributed by atoms with Crippen molar-refractivity contribution in [1.29, 1.82) is 0 Å². The van der Waals surface area contributed by atoms with E-state index in [0.29, 0.717) is 24.4 Å². The van der Waals surface area contributed by atoms with Crippen molar-refractivity contribution in [3.63, 3.8) is 0 Å². The van der Waals surface area contributed by atoms with Crippen LogP contribution in [0.25, 0.3) is 0 Å². The molecule has 2 fully saturated rings. The van der Waals surface area contributed by atoms with Crippen LogP contribution in [0.5, 0.6) is 0 Å². The second kappa shape index (κ2) is 14.1. The van der Waals surface area contributed by atoms with Crippen LogP contribution in [0.3, 0.4) is 0 Å². The molecule has 2 aliphatic carbocycles. The van der Waals surface area contributed by atoms with Gasteiger partial charge in [-0.15, -0.1) is 0 Å². The normalized spacial score (nSPS) is 32.1. The van der Waals surface area contributed by atoms with Crippen molar-refractivity contribution >= 4 is 11.7 Å². The van der Waals surface area contributed by atoms with E-state index >= 15 is 0 Å². The number of benzene rings is 1. The fourth-order valence-electron chi connectivity index (χ4n) is 8.38. The maximum atomic E-state index is 13.0. The van der Waals surface area contributed by atoms with Crippen LogP contribution in [-0.4, -0.2) is 23.5 Å². The first-order valence-corrected chi connectivity index (χ1v) is 15.9. The third-order valence-electron chi connectivity index (χ3n) is 11.2. The third-order valence-corrected chi connectivity index (χ3v) is 11.2. The van der Waals surface area contributed by atoms with E-state index in [0.717, 1.165) is 23.8 Å². The summed E-state index contributed by atoms with van der Waals surface area (Å²) in [6.07, 6.45) is 12.4. The number of carbonyl (C=O) groups excluding carboxylic acids is 1. The summed E-state index contributed by atoms with van der Waals surface area (Å²) in [4.78, 5) is 17.5. The van der Waals surface area contributed by atoms with Crippen molar-refractivity contribution in [3.8, 4) is 0 Å². The van der Waals surface area contributed by atoms with Gasteiger partial charge in [0.15, 0.2) is 0 Å². The molecular weight excluding hydrogens is 480 g/mol. The van der Waals surface area contributed by atoms with Gasteiger partial charge in [0.2, 0.25) is 0 Å². The summed E-state index contributed by atoms with van der Waals surface area (Å²) in [7, 11) is 1.79. The maximum absolute atomic E-state index is 13.0. The number of fused-ring (bicyclic) bond motifs is 1. The van der Waals surface area contributed by atoms with E-state index in [1.54, 1.807) is 7.05 Å². The van der Waals surface area contributed by atoms with E-state index in [-0.39, 0.29) is 22.7 Å². The van der Waals surface area contributed by atoms with E-state index in [1.807, 2.05) is 30.3 Å². The standard InChI is InChI=1S/C35H57N2O2/c1-9-35(7)26(3)30(23-25(2)33(38)39-24-28-15-11-10-12-16-28)20-19-29-17-13-14-18-31(27(4)37-36-8)34(5,6)22-21-32(29)35/h10-12,15-16,25-26,29-32H,9,13-14,17-24H2,1-8H3/q+1/t25?,26-,29?,30?,31-,32-,35-/m1/s1. The van der Waals surface area contributed by atoms with Gasteiger partial charge in [0.05, 0.1) is 17.0 Å². The van der Waals surface area contributed by atoms with E-state index in [2.05, 4.69) is 58.4 Å². The number of esters is 1. The van der Waals surface area contributed by atoms with Crippen LogP contribution in [0.1, 0.15) is 118 Å². The Labute approximate surface area is 239 Å². The molecule has 4 heteroatoms. The summed E-state index contributed by atoms with van der Waals surface area (Å²) in [6.45, 7) is 17.1. The highest BCUT2D eigenvalue weighted by Crippen LogP contribution is 2.56. The van der Waals surface area contributed by atoms with Gasteiger partial charge in [0, 0.05) is 11.7 Å². The van der Waals surface area contributed by atoms with Crippen LogP contribution in [-0.2, 0) is 16.1 Å². The lowest BCUT2D eigenvalue weighted by Crippen LogP contribution is -2.40. The van der Waals surface area contributed by atoms with Crippen molar-refractivity contribution < 1.29 is 14.3 Å². The first-order chi connectivity index (χ1) is 18.5. The summed E-state index contributed by atoms with van der Waals surface area (Å²) in [6, 6.07) is 10.0. The number of carbonyl (C=O) groups is 1. The van der Waals surface area contributed by atoms with Gasteiger partial charge < -0.3 is 4.74 Å². The van der Waals surface area contributed by atoms with Crippen LogP contribution in [0.2, 0.25) is 0 Å². The molecule has 3 rings (SSSR count). The molecular formula is C35H57N2O2+. The summed E-state index contributed by atoms with van der Waals surface area (Å²) >= 11 is 0. The Hall–Kier alpha value is -1.93. The van der Waals surface area contributed by atoms with Crippen molar-refractivity contribution in [1.82, 2.24) is 0 Å². The average Bonchev–Trinajstić information content (AvgIpc) is 3.01. The minimum Gasteiger partial charge on any atom is -0.461 e. The maximum Gasteiger partial charge on any atom is 0.318 e. The van der Waals surface area contributed by atoms with Crippen LogP contribution in [0.4, 0.5) is 0 Å². The highest BCUT2D eigenvalue weighted by molar-refractivity contribution is 5.79. The zero-order valence-corrected chi connectivity index (χ0v) is 26.3. The van der Waals surface area contributed by atoms with Gasteiger partial charge in [-0.3, -0.25) is 4.79 Å². The van der Waals surface area contributed by atoms with Gasteiger partial charge in [-0.25, -0.2) is 0 Å². The molecule has 218 valence electrons. The van der Waals surface area contributed by atoms with Gasteiger partial charge in [-0.05, 0) is 78.6 Å². The third kappa shape index (κ3) is 7.84. The van der Waals surface area contributed by atoms with Gasteiger partial charge in [0.1, 0.15) is 13.7 Å². The Morgan fingerprint density at radius 1 is 1.08 bits per heavy atom. The van der Waals surface area contributed by atoms with Gasteiger partial charge >= 0.3 is 11.7 Å². The molecule has 0 N–H and O–H groups in total. The molecule has 0 bridgehead atoms. The number of rotatable bonds is 7. The molecule has 7 atom stereocenters.